The molecule has 1 heterocycles. The summed E-state index contributed by atoms with van der Waals surface area (Å²) in [7, 11) is 0. The van der Waals surface area contributed by atoms with Gasteiger partial charge in [-0.2, -0.15) is 0 Å². The van der Waals surface area contributed by atoms with Gasteiger partial charge in [-0.3, -0.25) is 5.73 Å². The van der Waals surface area contributed by atoms with Gasteiger partial charge in [0.05, 0.1) is 12.7 Å². The molecule has 0 aliphatic carbocycles. The van der Waals surface area contributed by atoms with E-state index >= 15 is 0 Å². The summed E-state index contributed by atoms with van der Waals surface area (Å²) in [4.78, 5) is 0. The second-order valence-electron chi connectivity index (χ2n) is 1.97. The van der Waals surface area contributed by atoms with Crippen molar-refractivity contribution in [2.24, 2.45) is 5.73 Å². The van der Waals surface area contributed by atoms with E-state index in [9.17, 15) is 0 Å². The zero-order valence-electron chi connectivity index (χ0n) is 4.96. The molecular formula is C5H11NO2. The van der Waals surface area contributed by atoms with E-state index in [1.165, 1.54) is 0 Å². The quantitative estimate of drug-likeness (QED) is 0.487. The van der Waals surface area contributed by atoms with Crippen molar-refractivity contribution in [2.45, 2.75) is 25.9 Å². The van der Waals surface area contributed by atoms with Crippen molar-refractivity contribution >= 4 is 0 Å². The van der Waals surface area contributed by atoms with Crippen LogP contribution in [0.4, 0.5) is 0 Å². The Labute approximate surface area is 48.8 Å². The summed E-state index contributed by atoms with van der Waals surface area (Å²) in [5.74, 6) is 0. The first-order valence-corrected chi connectivity index (χ1v) is 2.81. The Morgan fingerprint density at radius 1 is 1.62 bits per heavy atom. The number of rotatable bonds is 0. The molecule has 0 saturated carbocycles. The Balaban J connectivity index is 2.23. The molecule has 8 heavy (non-hydrogen) atoms. The molecule has 1 aliphatic rings. The topological polar surface area (TPSA) is 44.5 Å². The highest BCUT2D eigenvalue weighted by Gasteiger charge is 2.14. The van der Waals surface area contributed by atoms with Crippen LogP contribution in [0.5, 0.6) is 0 Å². The summed E-state index contributed by atoms with van der Waals surface area (Å²) in [5.41, 5.74) is 5.28. The number of hydrogen-bond donors (Lipinski definition) is 1. The first-order chi connectivity index (χ1) is 3.79. The zero-order valence-corrected chi connectivity index (χ0v) is 4.96. The van der Waals surface area contributed by atoms with Gasteiger partial charge in [-0.1, -0.05) is 0 Å². The lowest BCUT2D eigenvalue weighted by atomic mass is 10.3. The molecule has 0 radical (unpaired) electrons. The summed E-state index contributed by atoms with van der Waals surface area (Å²) in [6.45, 7) is 2.71. The lowest BCUT2D eigenvalue weighted by Crippen LogP contribution is -2.36. The third-order valence-electron chi connectivity index (χ3n) is 1.17. The molecule has 1 fully saturated rings. The Bertz CT molecular complexity index is 68.8. The summed E-state index contributed by atoms with van der Waals surface area (Å²) < 4.78 is 9.95. The smallest absolute Gasteiger partial charge is 0.213 e. The lowest BCUT2D eigenvalue weighted by Gasteiger charge is -2.24. The molecule has 1 rings (SSSR count). The molecule has 3 heteroatoms. The minimum Gasteiger partial charge on any atom is -0.340 e. The average molecular weight is 117 g/mol. The van der Waals surface area contributed by atoms with Gasteiger partial charge >= 0.3 is 0 Å². The van der Waals surface area contributed by atoms with Crippen molar-refractivity contribution in [3.05, 3.63) is 0 Å². The molecule has 0 bridgehead atoms. The highest BCUT2D eigenvalue weighted by molar-refractivity contribution is 4.53. The van der Waals surface area contributed by atoms with Crippen LogP contribution < -0.4 is 5.73 Å². The van der Waals surface area contributed by atoms with Crippen molar-refractivity contribution in [1.82, 2.24) is 0 Å². The van der Waals surface area contributed by atoms with Gasteiger partial charge in [0.2, 0.25) is 6.41 Å². The third kappa shape index (κ3) is 1.43. The second-order valence-corrected chi connectivity index (χ2v) is 1.97. The largest absolute Gasteiger partial charge is 0.340 e. The number of hydrogen-bond acceptors (Lipinski definition) is 3. The van der Waals surface area contributed by atoms with Crippen LogP contribution in [0.2, 0.25) is 0 Å². The molecule has 0 aromatic carbocycles. The summed E-state index contributed by atoms with van der Waals surface area (Å²) in [5, 5.41) is 0. The molecule has 0 aromatic heterocycles. The maximum atomic E-state index is 5.28. The predicted molar refractivity (Wildman–Crippen MR) is 29.1 cm³/mol. The lowest BCUT2D eigenvalue weighted by molar-refractivity contribution is -0.203. The molecule has 3 nitrogen and oxygen atoms in total. The second kappa shape index (κ2) is 2.44. The van der Waals surface area contributed by atoms with Gasteiger partial charge in [-0.05, 0) is 13.3 Å². The van der Waals surface area contributed by atoms with E-state index in [1.807, 2.05) is 6.92 Å². The average Bonchev–Trinajstić information content (AvgIpc) is 1.64. The Kier molecular flexibility index (Phi) is 1.83. The first-order valence-electron chi connectivity index (χ1n) is 2.81. The standard InChI is InChI=1S/C5H11NO2/c1-4-2-3-7-5(6)8-4/h4-5H,2-3,6H2,1H3. The van der Waals surface area contributed by atoms with Crippen LogP contribution in [0.15, 0.2) is 0 Å². The molecule has 2 atom stereocenters. The Morgan fingerprint density at radius 3 is 2.75 bits per heavy atom. The van der Waals surface area contributed by atoms with E-state index in [0.717, 1.165) is 13.0 Å². The molecule has 2 unspecified atom stereocenters. The normalized spacial score (nSPS) is 39.8. The Morgan fingerprint density at radius 2 is 2.38 bits per heavy atom. The van der Waals surface area contributed by atoms with Crippen molar-refractivity contribution in [3.8, 4) is 0 Å². The van der Waals surface area contributed by atoms with Crippen molar-refractivity contribution in [1.29, 1.82) is 0 Å². The minimum atomic E-state index is -0.487. The van der Waals surface area contributed by atoms with Gasteiger partial charge in [-0.15, -0.1) is 0 Å². The van der Waals surface area contributed by atoms with E-state index < -0.39 is 6.41 Å². The van der Waals surface area contributed by atoms with E-state index in [4.69, 9.17) is 15.2 Å². The number of ether oxygens (including phenoxy) is 2. The Hall–Kier alpha value is -0.120. The van der Waals surface area contributed by atoms with Gasteiger partial charge in [0.15, 0.2) is 0 Å². The predicted octanol–water partition coefficient (Wildman–Crippen LogP) is 0.0541. The summed E-state index contributed by atoms with van der Waals surface area (Å²) >= 11 is 0. The molecule has 0 spiro atoms. The van der Waals surface area contributed by atoms with E-state index in [1.54, 1.807) is 0 Å². The number of nitrogens with two attached hydrogens (primary N) is 1. The fourth-order valence-corrected chi connectivity index (χ4v) is 0.686. The first kappa shape index (κ1) is 6.01. The van der Waals surface area contributed by atoms with E-state index in [-0.39, 0.29) is 6.10 Å². The van der Waals surface area contributed by atoms with Gasteiger partial charge in [0.25, 0.3) is 0 Å². The maximum Gasteiger partial charge on any atom is 0.213 e. The van der Waals surface area contributed by atoms with Crippen LogP contribution in [-0.2, 0) is 9.47 Å². The van der Waals surface area contributed by atoms with Crippen LogP contribution in [0.1, 0.15) is 13.3 Å². The molecule has 0 amide bonds. The molecule has 0 aromatic rings. The van der Waals surface area contributed by atoms with Crippen LogP contribution in [0, 0.1) is 0 Å². The van der Waals surface area contributed by atoms with Crippen molar-refractivity contribution < 1.29 is 9.47 Å². The van der Waals surface area contributed by atoms with Gasteiger partial charge in [0, 0.05) is 0 Å². The molecule has 2 N–H and O–H groups in total. The van der Waals surface area contributed by atoms with Gasteiger partial charge < -0.3 is 9.47 Å². The maximum absolute atomic E-state index is 5.28. The molecular weight excluding hydrogens is 106 g/mol. The van der Waals surface area contributed by atoms with E-state index in [0.29, 0.717) is 0 Å². The van der Waals surface area contributed by atoms with Crippen molar-refractivity contribution in [2.75, 3.05) is 6.61 Å². The van der Waals surface area contributed by atoms with Crippen LogP contribution in [0.25, 0.3) is 0 Å². The van der Waals surface area contributed by atoms with Crippen molar-refractivity contribution in [3.63, 3.8) is 0 Å². The molecule has 1 aliphatic heterocycles. The zero-order chi connectivity index (χ0) is 5.98. The molecule has 1 saturated heterocycles. The van der Waals surface area contributed by atoms with E-state index in [2.05, 4.69) is 0 Å². The molecule has 48 valence electrons. The summed E-state index contributed by atoms with van der Waals surface area (Å²) in [6.07, 6.45) is 0.728. The SMILES string of the molecule is CC1CCOC(N)O1. The van der Waals surface area contributed by atoms with Crippen LogP contribution >= 0.6 is 0 Å². The van der Waals surface area contributed by atoms with Gasteiger partial charge in [-0.25, -0.2) is 0 Å². The monoisotopic (exact) mass is 117 g/mol. The summed E-state index contributed by atoms with van der Waals surface area (Å²) in [6, 6.07) is 0. The fraction of sp³-hybridized carbons (Fsp3) is 1.00. The highest BCUT2D eigenvalue weighted by Crippen LogP contribution is 2.06. The van der Waals surface area contributed by atoms with Crippen LogP contribution in [-0.4, -0.2) is 19.1 Å². The minimum absolute atomic E-state index is 0.263. The van der Waals surface area contributed by atoms with Crippen LogP contribution in [0.3, 0.4) is 0 Å². The highest BCUT2D eigenvalue weighted by atomic mass is 16.7. The van der Waals surface area contributed by atoms with Gasteiger partial charge in [0.1, 0.15) is 0 Å². The fourth-order valence-electron chi connectivity index (χ4n) is 0.686. The third-order valence-corrected chi connectivity index (χ3v) is 1.17.